The second kappa shape index (κ2) is 5.70. The molecule has 19 heavy (non-hydrogen) atoms. The highest BCUT2D eigenvalue weighted by molar-refractivity contribution is 7.89. The number of hydrogen-bond donors (Lipinski definition) is 3. The van der Waals surface area contributed by atoms with Gasteiger partial charge in [0.05, 0.1) is 11.1 Å². The average molecular weight is 301 g/mol. The number of H-pyrrole nitrogens is 1. The van der Waals surface area contributed by atoms with Crippen LogP contribution in [0, 0.1) is 0 Å². The van der Waals surface area contributed by atoms with Crippen LogP contribution in [0.2, 0.25) is 5.02 Å². The summed E-state index contributed by atoms with van der Waals surface area (Å²) in [6.45, 7) is 0.351. The molecule has 0 aliphatic carbocycles. The van der Waals surface area contributed by atoms with Gasteiger partial charge < -0.3 is 5.73 Å². The summed E-state index contributed by atoms with van der Waals surface area (Å²) in [4.78, 5) is 0.140. The molecule has 0 fully saturated rings. The van der Waals surface area contributed by atoms with Gasteiger partial charge in [0, 0.05) is 29.9 Å². The number of hydrogen-bond acceptors (Lipinski definition) is 4. The third-order valence-electron chi connectivity index (χ3n) is 2.57. The van der Waals surface area contributed by atoms with Crippen molar-refractivity contribution in [3.63, 3.8) is 0 Å². The van der Waals surface area contributed by atoms with Crippen LogP contribution < -0.4 is 10.5 Å². The Bertz CT molecular complexity index is 655. The van der Waals surface area contributed by atoms with Crippen molar-refractivity contribution in [2.24, 2.45) is 5.73 Å². The maximum Gasteiger partial charge on any atom is 0.240 e. The Morgan fingerprint density at radius 2 is 2.21 bits per heavy atom. The van der Waals surface area contributed by atoms with Gasteiger partial charge >= 0.3 is 0 Å². The quantitative estimate of drug-likeness (QED) is 0.767. The largest absolute Gasteiger partial charge is 0.326 e. The van der Waals surface area contributed by atoms with E-state index in [-0.39, 0.29) is 18.0 Å². The van der Waals surface area contributed by atoms with Crippen LogP contribution in [0.5, 0.6) is 0 Å². The molecule has 0 saturated carbocycles. The minimum Gasteiger partial charge on any atom is -0.326 e. The fourth-order valence-corrected chi connectivity index (χ4v) is 2.77. The van der Waals surface area contributed by atoms with E-state index in [1.54, 1.807) is 12.4 Å². The first kappa shape index (κ1) is 14.0. The normalized spacial score (nSPS) is 11.7. The van der Waals surface area contributed by atoms with Crippen molar-refractivity contribution in [3.8, 4) is 0 Å². The highest BCUT2D eigenvalue weighted by Crippen LogP contribution is 2.20. The molecule has 0 aliphatic heterocycles. The van der Waals surface area contributed by atoms with Crippen LogP contribution in [0.15, 0.2) is 35.5 Å². The van der Waals surface area contributed by atoms with E-state index in [1.807, 2.05) is 0 Å². The maximum atomic E-state index is 12.1. The first-order chi connectivity index (χ1) is 9.03. The van der Waals surface area contributed by atoms with Crippen LogP contribution in [0.4, 0.5) is 0 Å². The molecule has 4 N–H and O–H groups in total. The predicted octanol–water partition coefficient (Wildman–Crippen LogP) is 1.00. The fraction of sp³-hybridized carbons (Fsp3) is 0.182. The Morgan fingerprint density at radius 1 is 1.42 bits per heavy atom. The van der Waals surface area contributed by atoms with Crippen molar-refractivity contribution in [1.29, 1.82) is 0 Å². The molecule has 0 atom stereocenters. The Labute approximate surface area is 116 Å². The van der Waals surface area contributed by atoms with Gasteiger partial charge in [0.25, 0.3) is 0 Å². The zero-order valence-corrected chi connectivity index (χ0v) is 11.5. The van der Waals surface area contributed by atoms with E-state index in [4.69, 9.17) is 17.3 Å². The zero-order chi connectivity index (χ0) is 13.9. The number of benzene rings is 1. The van der Waals surface area contributed by atoms with E-state index < -0.39 is 10.0 Å². The monoisotopic (exact) mass is 300 g/mol. The van der Waals surface area contributed by atoms with Gasteiger partial charge in [-0.1, -0.05) is 11.6 Å². The molecule has 1 aromatic heterocycles. The molecule has 2 aromatic rings. The summed E-state index contributed by atoms with van der Waals surface area (Å²) in [5.74, 6) is 0. The summed E-state index contributed by atoms with van der Waals surface area (Å²) in [6.07, 6.45) is 3.17. The van der Waals surface area contributed by atoms with Crippen molar-refractivity contribution in [3.05, 3.63) is 46.7 Å². The molecule has 0 bridgehead atoms. The van der Waals surface area contributed by atoms with E-state index in [9.17, 15) is 8.42 Å². The Balaban J connectivity index is 2.19. The lowest BCUT2D eigenvalue weighted by Crippen LogP contribution is -2.23. The predicted molar refractivity (Wildman–Crippen MR) is 72.0 cm³/mol. The number of nitrogens with two attached hydrogens (primary N) is 1. The number of halogens is 1. The highest BCUT2D eigenvalue weighted by Gasteiger charge is 2.15. The molecule has 0 amide bonds. The molecule has 2 rings (SSSR count). The molecule has 0 spiro atoms. The van der Waals surface area contributed by atoms with Gasteiger partial charge in [0.15, 0.2) is 0 Å². The summed E-state index contributed by atoms with van der Waals surface area (Å²) in [6, 6.07) is 4.44. The first-order valence-corrected chi connectivity index (χ1v) is 7.35. The molecule has 0 radical (unpaired) electrons. The van der Waals surface area contributed by atoms with Crippen LogP contribution in [0.3, 0.4) is 0 Å². The minimum atomic E-state index is -3.59. The van der Waals surface area contributed by atoms with Gasteiger partial charge in [-0.2, -0.15) is 5.10 Å². The molecule has 102 valence electrons. The molecular weight excluding hydrogens is 288 g/mol. The van der Waals surface area contributed by atoms with Gasteiger partial charge in [0.1, 0.15) is 0 Å². The molecule has 0 saturated heterocycles. The van der Waals surface area contributed by atoms with Crippen LogP contribution in [-0.2, 0) is 23.1 Å². The van der Waals surface area contributed by atoms with Crippen molar-refractivity contribution < 1.29 is 8.42 Å². The lowest BCUT2D eigenvalue weighted by molar-refractivity contribution is 0.581. The third-order valence-corrected chi connectivity index (χ3v) is 4.34. The summed E-state index contributed by atoms with van der Waals surface area (Å²) in [5.41, 5.74) is 6.84. The number of nitrogens with zero attached hydrogens (tertiary/aromatic N) is 1. The third kappa shape index (κ3) is 3.32. The van der Waals surface area contributed by atoms with Crippen molar-refractivity contribution in [2.75, 3.05) is 0 Å². The van der Waals surface area contributed by atoms with Crippen LogP contribution in [0.25, 0.3) is 0 Å². The maximum absolute atomic E-state index is 12.1. The zero-order valence-electron chi connectivity index (χ0n) is 9.93. The van der Waals surface area contributed by atoms with E-state index in [0.29, 0.717) is 10.6 Å². The minimum absolute atomic E-state index is 0.140. The number of aromatic amines is 1. The topological polar surface area (TPSA) is 101 Å². The molecule has 0 aliphatic rings. The summed E-state index contributed by atoms with van der Waals surface area (Å²) in [5, 5.41) is 6.81. The SMILES string of the molecule is NCc1cc(S(=O)(=O)NCc2cn[nH]c2)ccc1Cl. The number of nitrogens with one attached hydrogen (secondary N) is 2. The van der Waals surface area contributed by atoms with E-state index in [0.717, 1.165) is 5.56 Å². The van der Waals surface area contributed by atoms with Crippen LogP contribution in [0.1, 0.15) is 11.1 Å². The van der Waals surface area contributed by atoms with Gasteiger partial charge in [-0.05, 0) is 23.8 Å². The van der Waals surface area contributed by atoms with Crippen molar-refractivity contribution in [1.82, 2.24) is 14.9 Å². The smallest absolute Gasteiger partial charge is 0.240 e. The van der Waals surface area contributed by atoms with E-state index in [2.05, 4.69) is 14.9 Å². The van der Waals surface area contributed by atoms with Crippen molar-refractivity contribution in [2.45, 2.75) is 18.0 Å². The lowest BCUT2D eigenvalue weighted by Gasteiger charge is -2.08. The highest BCUT2D eigenvalue weighted by atomic mass is 35.5. The van der Waals surface area contributed by atoms with Crippen molar-refractivity contribution >= 4 is 21.6 Å². The van der Waals surface area contributed by atoms with Gasteiger partial charge in [-0.3, -0.25) is 5.10 Å². The second-order valence-electron chi connectivity index (χ2n) is 3.89. The fourth-order valence-electron chi connectivity index (χ4n) is 1.51. The molecule has 1 heterocycles. The van der Waals surface area contributed by atoms with Gasteiger partial charge in [0.2, 0.25) is 10.0 Å². The summed E-state index contributed by atoms with van der Waals surface area (Å²) >= 11 is 5.90. The van der Waals surface area contributed by atoms with Crippen LogP contribution >= 0.6 is 11.6 Å². The second-order valence-corrected chi connectivity index (χ2v) is 6.06. The Kier molecular flexibility index (Phi) is 4.20. The lowest BCUT2D eigenvalue weighted by atomic mass is 10.2. The molecule has 1 aromatic carbocycles. The molecule has 6 nitrogen and oxygen atoms in total. The first-order valence-electron chi connectivity index (χ1n) is 5.49. The molecular formula is C11H13ClN4O2S. The van der Waals surface area contributed by atoms with Crippen LogP contribution in [-0.4, -0.2) is 18.6 Å². The Morgan fingerprint density at radius 3 is 2.84 bits per heavy atom. The summed E-state index contributed by atoms with van der Waals surface area (Å²) in [7, 11) is -3.59. The number of sulfonamides is 1. The average Bonchev–Trinajstić information content (AvgIpc) is 2.90. The standard InChI is InChI=1S/C11H13ClN4O2S/c12-11-2-1-10(3-9(11)4-13)19(17,18)16-7-8-5-14-15-6-8/h1-3,5-6,16H,4,7,13H2,(H,14,15). The number of aromatic nitrogens is 2. The Hall–Kier alpha value is -1.41. The molecule has 0 unspecified atom stereocenters. The summed E-state index contributed by atoms with van der Waals surface area (Å²) < 4.78 is 26.6. The molecule has 8 heteroatoms. The van der Waals surface area contributed by atoms with E-state index in [1.165, 1.54) is 18.2 Å². The van der Waals surface area contributed by atoms with Gasteiger partial charge in [-0.15, -0.1) is 0 Å². The number of rotatable bonds is 5. The van der Waals surface area contributed by atoms with Gasteiger partial charge in [-0.25, -0.2) is 13.1 Å². The van der Waals surface area contributed by atoms with E-state index >= 15 is 0 Å².